The third-order valence-corrected chi connectivity index (χ3v) is 4.31. The first-order chi connectivity index (χ1) is 11.1. The third kappa shape index (κ3) is 3.87. The lowest BCUT2D eigenvalue weighted by molar-refractivity contribution is -0.914. The normalized spacial score (nSPS) is 15.6. The van der Waals surface area contributed by atoms with E-state index in [2.05, 4.69) is 4.90 Å². The molecule has 3 rings (SSSR count). The van der Waals surface area contributed by atoms with E-state index < -0.39 is 5.97 Å². The van der Waals surface area contributed by atoms with Gasteiger partial charge in [-0.1, -0.05) is 24.3 Å². The molecule has 2 aromatic rings. The largest absolute Gasteiger partial charge is 0.545 e. The number of aromatic carboxylic acids is 1. The van der Waals surface area contributed by atoms with Crippen LogP contribution in [0.2, 0.25) is 0 Å². The number of nitrogens with zero attached hydrogens (tertiary/aromatic N) is 1. The molecule has 2 aromatic carbocycles. The van der Waals surface area contributed by atoms with Gasteiger partial charge in [-0.25, -0.2) is 4.39 Å². The van der Waals surface area contributed by atoms with Gasteiger partial charge in [-0.15, -0.1) is 0 Å². The van der Waals surface area contributed by atoms with Gasteiger partial charge in [0, 0.05) is 11.3 Å². The van der Waals surface area contributed by atoms with Gasteiger partial charge in [-0.3, -0.25) is 0 Å². The van der Waals surface area contributed by atoms with Crippen molar-refractivity contribution >= 4 is 11.7 Å². The second-order valence-electron chi connectivity index (χ2n) is 5.87. The fourth-order valence-corrected chi connectivity index (χ4v) is 2.96. The fraction of sp³-hybridized carbons (Fsp3) is 0.278. The zero-order valence-corrected chi connectivity index (χ0v) is 12.8. The minimum Gasteiger partial charge on any atom is -0.545 e. The molecule has 0 aromatic heterocycles. The van der Waals surface area contributed by atoms with Crippen LogP contribution < -0.4 is 14.9 Å². The number of rotatable bonds is 4. The first-order valence-corrected chi connectivity index (χ1v) is 7.76. The van der Waals surface area contributed by atoms with Crippen LogP contribution >= 0.6 is 0 Å². The van der Waals surface area contributed by atoms with Crippen LogP contribution in [0, 0.1) is 5.82 Å². The highest BCUT2D eigenvalue weighted by atomic mass is 19.1. The van der Waals surface area contributed by atoms with Crippen LogP contribution in [0.15, 0.2) is 48.5 Å². The maximum atomic E-state index is 12.9. The Morgan fingerprint density at radius 2 is 1.65 bits per heavy atom. The van der Waals surface area contributed by atoms with Crippen molar-refractivity contribution in [3.05, 3.63) is 65.5 Å². The van der Waals surface area contributed by atoms with Gasteiger partial charge in [0.1, 0.15) is 12.4 Å². The van der Waals surface area contributed by atoms with Crippen molar-refractivity contribution in [3.63, 3.8) is 0 Å². The molecule has 0 atom stereocenters. The predicted octanol–water partition coefficient (Wildman–Crippen LogP) is 0.0943. The maximum absolute atomic E-state index is 12.9. The Morgan fingerprint density at radius 3 is 2.22 bits per heavy atom. The number of carbonyl (C=O) groups excluding carboxylic acids is 1. The summed E-state index contributed by atoms with van der Waals surface area (Å²) in [5.41, 5.74) is 2.39. The summed E-state index contributed by atoms with van der Waals surface area (Å²) in [6, 6.07) is 13.5. The molecule has 0 spiro atoms. The zero-order valence-electron chi connectivity index (χ0n) is 12.8. The standard InChI is InChI=1S/C18H19FN2O2/c19-16-5-1-14(2-6-16)13-20-9-11-21(12-10-20)17-7-3-15(4-8-17)18(22)23/h1-8H,9-13H2,(H,22,23). The van der Waals surface area contributed by atoms with Gasteiger partial charge in [0.25, 0.3) is 0 Å². The molecule has 23 heavy (non-hydrogen) atoms. The van der Waals surface area contributed by atoms with Gasteiger partial charge in [0.2, 0.25) is 0 Å². The number of carboxylic acids is 1. The van der Waals surface area contributed by atoms with E-state index in [1.54, 1.807) is 12.1 Å². The lowest BCUT2D eigenvalue weighted by Crippen LogP contribution is -3.13. The molecule has 1 N–H and O–H groups in total. The summed E-state index contributed by atoms with van der Waals surface area (Å²) in [4.78, 5) is 14.5. The van der Waals surface area contributed by atoms with E-state index in [9.17, 15) is 14.3 Å². The minimum absolute atomic E-state index is 0.200. The van der Waals surface area contributed by atoms with Crippen molar-refractivity contribution in [1.82, 2.24) is 0 Å². The van der Waals surface area contributed by atoms with Gasteiger partial charge >= 0.3 is 0 Å². The highest BCUT2D eigenvalue weighted by Gasteiger charge is 2.20. The molecule has 1 saturated heterocycles. The maximum Gasteiger partial charge on any atom is 0.123 e. The minimum atomic E-state index is -1.15. The molecule has 0 bridgehead atoms. The summed E-state index contributed by atoms with van der Waals surface area (Å²) >= 11 is 0. The molecule has 1 aliphatic rings. The van der Waals surface area contributed by atoms with Crippen molar-refractivity contribution in [3.8, 4) is 0 Å². The van der Waals surface area contributed by atoms with Crippen LogP contribution in [0.3, 0.4) is 0 Å². The first kappa shape index (κ1) is 15.5. The summed E-state index contributed by atoms with van der Waals surface area (Å²) in [5, 5.41) is 10.8. The zero-order chi connectivity index (χ0) is 16.2. The molecule has 0 saturated carbocycles. The molecule has 5 heteroatoms. The molecule has 0 radical (unpaired) electrons. The second-order valence-corrected chi connectivity index (χ2v) is 5.87. The first-order valence-electron chi connectivity index (χ1n) is 7.76. The third-order valence-electron chi connectivity index (χ3n) is 4.31. The molecular weight excluding hydrogens is 295 g/mol. The number of carbonyl (C=O) groups is 1. The van der Waals surface area contributed by atoms with Crippen LogP contribution in [0.4, 0.5) is 10.1 Å². The number of anilines is 1. The molecule has 1 fully saturated rings. The summed E-state index contributed by atoms with van der Waals surface area (Å²) < 4.78 is 12.9. The van der Waals surface area contributed by atoms with Crippen molar-refractivity contribution in [1.29, 1.82) is 0 Å². The van der Waals surface area contributed by atoms with E-state index in [1.807, 2.05) is 24.3 Å². The monoisotopic (exact) mass is 314 g/mol. The Labute approximate surface area is 134 Å². The number of hydrogen-bond donors (Lipinski definition) is 1. The summed E-state index contributed by atoms with van der Waals surface area (Å²) in [6.45, 7) is 4.74. The van der Waals surface area contributed by atoms with Crippen LogP contribution in [0.1, 0.15) is 15.9 Å². The smallest absolute Gasteiger partial charge is 0.123 e. The predicted molar refractivity (Wildman–Crippen MR) is 83.8 cm³/mol. The molecule has 1 aliphatic heterocycles. The Morgan fingerprint density at radius 1 is 1.04 bits per heavy atom. The number of carboxylic acid groups (broad SMARTS) is 1. The average molecular weight is 314 g/mol. The molecule has 0 amide bonds. The lowest BCUT2D eigenvalue weighted by atomic mass is 10.1. The fourth-order valence-electron chi connectivity index (χ4n) is 2.96. The van der Waals surface area contributed by atoms with E-state index >= 15 is 0 Å². The highest BCUT2D eigenvalue weighted by Crippen LogP contribution is 2.15. The Balaban J connectivity index is 1.55. The number of halogens is 1. The topological polar surface area (TPSA) is 47.8 Å². The molecular formula is C18H19FN2O2. The molecule has 1 heterocycles. The number of benzene rings is 2. The lowest BCUT2D eigenvalue weighted by Gasteiger charge is -2.33. The van der Waals surface area contributed by atoms with Crippen LogP contribution in [-0.4, -0.2) is 32.1 Å². The van der Waals surface area contributed by atoms with Gasteiger partial charge < -0.3 is 19.7 Å². The molecule has 120 valence electrons. The van der Waals surface area contributed by atoms with Gasteiger partial charge in [-0.05, 0) is 29.8 Å². The van der Waals surface area contributed by atoms with E-state index in [-0.39, 0.29) is 11.4 Å². The summed E-state index contributed by atoms with van der Waals surface area (Å²) in [5.74, 6) is -1.35. The number of quaternary nitrogens is 1. The van der Waals surface area contributed by atoms with Crippen LogP contribution in [-0.2, 0) is 6.54 Å². The van der Waals surface area contributed by atoms with Crippen molar-refractivity contribution < 1.29 is 19.2 Å². The number of piperazine rings is 1. The van der Waals surface area contributed by atoms with E-state index in [4.69, 9.17) is 0 Å². The quantitative estimate of drug-likeness (QED) is 0.870. The Kier molecular flexibility index (Phi) is 4.57. The van der Waals surface area contributed by atoms with Crippen molar-refractivity contribution in [2.75, 3.05) is 31.1 Å². The van der Waals surface area contributed by atoms with E-state index in [1.165, 1.54) is 17.0 Å². The van der Waals surface area contributed by atoms with Crippen LogP contribution in [0.25, 0.3) is 0 Å². The van der Waals surface area contributed by atoms with E-state index in [0.29, 0.717) is 0 Å². The molecule has 0 aliphatic carbocycles. The van der Waals surface area contributed by atoms with Gasteiger partial charge in [-0.2, -0.15) is 0 Å². The molecule has 0 unspecified atom stereocenters. The molecule has 4 nitrogen and oxygen atoms in total. The Bertz CT molecular complexity index is 662. The van der Waals surface area contributed by atoms with Crippen LogP contribution in [0.5, 0.6) is 0 Å². The second kappa shape index (κ2) is 6.79. The van der Waals surface area contributed by atoms with Gasteiger partial charge in [0.15, 0.2) is 0 Å². The average Bonchev–Trinajstić information content (AvgIpc) is 2.58. The SMILES string of the molecule is O=C([O-])c1ccc(N2CC[NH+](Cc3ccc(F)cc3)CC2)cc1. The van der Waals surface area contributed by atoms with Gasteiger partial charge in [0.05, 0.1) is 32.1 Å². The van der Waals surface area contributed by atoms with Crippen molar-refractivity contribution in [2.24, 2.45) is 0 Å². The summed E-state index contributed by atoms with van der Waals surface area (Å²) in [7, 11) is 0. The van der Waals surface area contributed by atoms with Crippen molar-refractivity contribution in [2.45, 2.75) is 6.54 Å². The highest BCUT2D eigenvalue weighted by molar-refractivity contribution is 5.86. The number of nitrogens with one attached hydrogen (secondary N) is 1. The number of hydrogen-bond acceptors (Lipinski definition) is 3. The summed E-state index contributed by atoms with van der Waals surface area (Å²) in [6.07, 6.45) is 0. The Hall–Kier alpha value is -2.40. The van der Waals surface area contributed by atoms with E-state index in [0.717, 1.165) is 44.0 Å².